The van der Waals surface area contributed by atoms with Crippen LogP contribution in [0.1, 0.15) is 5.56 Å². The van der Waals surface area contributed by atoms with Crippen LogP contribution in [-0.4, -0.2) is 16.1 Å². The Morgan fingerprint density at radius 2 is 2.33 bits per heavy atom. The topological polar surface area (TPSA) is 89.3 Å². The number of nitrogens with two attached hydrogens (primary N) is 1. The van der Waals surface area contributed by atoms with Crippen LogP contribution in [0, 0.1) is 0 Å². The SMILES string of the molecule is Nc1nc2cc(C=CC(=O)O)ccc2o1. The first-order chi connectivity index (χ1) is 7.15. The van der Waals surface area contributed by atoms with Crippen molar-refractivity contribution in [3.63, 3.8) is 0 Å². The zero-order valence-corrected chi connectivity index (χ0v) is 7.68. The van der Waals surface area contributed by atoms with Crippen molar-refractivity contribution in [2.75, 3.05) is 5.73 Å². The molecule has 0 aliphatic heterocycles. The normalized spacial score (nSPS) is 11.2. The van der Waals surface area contributed by atoms with Crippen molar-refractivity contribution in [1.82, 2.24) is 4.98 Å². The largest absolute Gasteiger partial charge is 0.478 e. The number of carbonyl (C=O) groups is 1. The van der Waals surface area contributed by atoms with E-state index >= 15 is 0 Å². The molecule has 2 rings (SSSR count). The molecule has 2 aromatic rings. The molecule has 0 bridgehead atoms. The van der Waals surface area contributed by atoms with E-state index in [4.69, 9.17) is 15.3 Å². The minimum absolute atomic E-state index is 0.101. The van der Waals surface area contributed by atoms with Crippen LogP contribution in [0.25, 0.3) is 17.2 Å². The van der Waals surface area contributed by atoms with Crippen LogP contribution >= 0.6 is 0 Å². The molecule has 0 aliphatic rings. The average Bonchev–Trinajstić information content (AvgIpc) is 2.53. The van der Waals surface area contributed by atoms with Gasteiger partial charge in [-0.3, -0.25) is 0 Å². The molecule has 3 N–H and O–H groups in total. The quantitative estimate of drug-likeness (QED) is 0.723. The van der Waals surface area contributed by atoms with E-state index in [0.717, 1.165) is 11.6 Å². The number of carboxylic acids is 1. The number of rotatable bonds is 2. The van der Waals surface area contributed by atoms with Crippen molar-refractivity contribution >= 4 is 29.2 Å². The van der Waals surface area contributed by atoms with Gasteiger partial charge in [0.2, 0.25) is 0 Å². The Morgan fingerprint density at radius 3 is 3.07 bits per heavy atom. The zero-order chi connectivity index (χ0) is 10.8. The number of hydrogen-bond donors (Lipinski definition) is 2. The van der Waals surface area contributed by atoms with Gasteiger partial charge in [-0.05, 0) is 23.8 Å². The molecule has 0 saturated carbocycles. The maximum absolute atomic E-state index is 10.3. The lowest BCUT2D eigenvalue weighted by Gasteiger charge is -1.90. The minimum Gasteiger partial charge on any atom is -0.478 e. The third kappa shape index (κ3) is 1.96. The Hall–Kier alpha value is -2.30. The first-order valence-corrected chi connectivity index (χ1v) is 4.22. The predicted octanol–water partition coefficient (Wildman–Crippen LogP) is 1.51. The average molecular weight is 204 g/mol. The van der Waals surface area contributed by atoms with Crippen molar-refractivity contribution in [1.29, 1.82) is 0 Å². The number of hydrogen-bond acceptors (Lipinski definition) is 4. The number of oxazole rings is 1. The Balaban J connectivity index is 2.42. The van der Waals surface area contributed by atoms with Crippen LogP contribution in [0.5, 0.6) is 0 Å². The second kappa shape index (κ2) is 3.45. The number of nitrogens with zero attached hydrogens (tertiary/aromatic N) is 1. The van der Waals surface area contributed by atoms with Crippen molar-refractivity contribution in [2.45, 2.75) is 0 Å². The van der Waals surface area contributed by atoms with Gasteiger partial charge in [0, 0.05) is 6.08 Å². The molecule has 0 aliphatic carbocycles. The first kappa shape index (κ1) is 9.26. The summed E-state index contributed by atoms with van der Waals surface area (Å²) in [7, 11) is 0. The maximum atomic E-state index is 10.3. The van der Waals surface area contributed by atoms with Crippen molar-refractivity contribution in [3.8, 4) is 0 Å². The Morgan fingerprint density at radius 1 is 1.53 bits per heavy atom. The van der Waals surface area contributed by atoms with Gasteiger partial charge >= 0.3 is 5.97 Å². The lowest BCUT2D eigenvalue weighted by molar-refractivity contribution is -0.131. The van der Waals surface area contributed by atoms with Gasteiger partial charge < -0.3 is 15.3 Å². The van der Waals surface area contributed by atoms with Gasteiger partial charge in [-0.15, -0.1) is 0 Å². The number of anilines is 1. The van der Waals surface area contributed by atoms with Crippen molar-refractivity contribution in [3.05, 3.63) is 29.8 Å². The molecule has 76 valence electrons. The number of nitrogen functional groups attached to an aromatic ring is 1. The van der Waals surface area contributed by atoms with Gasteiger partial charge in [-0.2, -0.15) is 4.98 Å². The van der Waals surface area contributed by atoms with Crippen LogP contribution in [0.3, 0.4) is 0 Å². The molecule has 5 nitrogen and oxygen atoms in total. The van der Waals surface area contributed by atoms with Crippen LogP contribution < -0.4 is 5.73 Å². The lowest BCUT2D eigenvalue weighted by atomic mass is 10.2. The molecule has 0 radical (unpaired) electrons. The van der Waals surface area contributed by atoms with Crippen LogP contribution in [0.15, 0.2) is 28.7 Å². The van der Waals surface area contributed by atoms with E-state index in [-0.39, 0.29) is 6.01 Å². The van der Waals surface area contributed by atoms with E-state index < -0.39 is 5.97 Å². The summed E-state index contributed by atoms with van der Waals surface area (Å²) in [5.41, 5.74) is 7.30. The molecular formula is C10H8N2O3. The molecule has 1 aromatic carbocycles. The number of benzene rings is 1. The van der Waals surface area contributed by atoms with Crippen LogP contribution in [0.2, 0.25) is 0 Å². The first-order valence-electron chi connectivity index (χ1n) is 4.22. The van der Waals surface area contributed by atoms with E-state index in [9.17, 15) is 4.79 Å². The van der Waals surface area contributed by atoms with Gasteiger partial charge in [0.05, 0.1) is 0 Å². The van der Waals surface area contributed by atoms with E-state index in [1.807, 2.05) is 0 Å². The van der Waals surface area contributed by atoms with Gasteiger partial charge in [0.15, 0.2) is 5.58 Å². The monoisotopic (exact) mass is 204 g/mol. The molecule has 0 spiro atoms. The highest BCUT2D eigenvalue weighted by atomic mass is 16.4. The minimum atomic E-state index is -0.991. The van der Waals surface area contributed by atoms with Crippen molar-refractivity contribution < 1.29 is 14.3 Å². The highest BCUT2D eigenvalue weighted by Crippen LogP contribution is 2.18. The molecular weight excluding hydrogens is 196 g/mol. The summed E-state index contributed by atoms with van der Waals surface area (Å²) in [6, 6.07) is 5.23. The van der Waals surface area contributed by atoms with Crippen LogP contribution in [0.4, 0.5) is 6.01 Å². The van der Waals surface area contributed by atoms with E-state index in [0.29, 0.717) is 11.1 Å². The fourth-order valence-electron chi connectivity index (χ4n) is 1.23. The molecule has 1 aromatic heterocycles. The van der Waals surface area contributed by atoms with E-state index in [1.54, 1.807) is 18.2 Å². The molecule has 0 fully saturated rings. The number of carboxylic acid groups (broad SMARTS) is 1. The Labute approximate surface area is 84.8 Å². The Kier molecular flexibility index (Phi) is 2.13. The zero-order valence-electron chi connectivity index (χ0n) is 7.68. The van der Waals surface area contributed by atoms with Gasteiger partial charge in [-0.1, -0.05) is 6.07 Å². The summed E-state index contributed by atoms with van der Waals surface area (Å²) < 4.78 is 5.07. The third-order valence-electron chi connectivity index (χ3n) is 1.85. The van der Waals surface area contributed by atoms with E-state index in [1.165, 1.54) is 6.08 Å². The van der Waals surface area contributed by atoms with Gasteiger partial charge in [0.1, 0.15) is 5.52 Å². The standard InChI is InChI=1S/C10H8N2O3/c11-10-12-7-5-6(2-4-9(13)14)1-3-8(7)15-10/h1-5H,(H2,11,12)(H,13,14). The second-order valence-electron chi connectivity index (χ2n) is 2.95. The number of fused-ring (bicyclic) bond motifs is 1. The molecule has 0 atom stereocenters. The summed E-state index contributed by atoms with van der Waals surface area (Å²) in [6.07, 6.45) is 2.54. The summed E-state index contributed by atoms with van der Waals surface area (Å²) in [6.45, 7) is 0. The van der Waals surface area contributed by atoms with Gasteiger partial charge in [-0.25, -0.2) is 4.79 Å². The molecule has 0 saturated heterocycles. The smallest absolute Gasteiger partial charge is 0.328 e. The van der Waals surface area contributed by atoms with Gasteiger partial charge in [0.25, 0.3) is 6.01 Å². The summed E-state index contributed by atoms with van der Waals surface area (Å²) in [4.78, 5) is 14.2. The molecule has 15 heavy (non-hydrogen) atoms. The molecule has 0 unspecified atom stereocenters. The predicted molar refractivity (Wildman–Crippen MR) is 55.1 cm³/mol. The van der Waals surface area contributed by atoms with E-state index in [2.05, 4.69) is 4.98 Å². The maximum Gasteiger partial charge on any atom is 0.328 e. The third-order valence-corrected chi connectivity index (χ3v) is 1.85. The second-order valence-corrected chi connectivity index (χ2v) is 2.95. The van der Waals surface area contributed by atoms with Crippen molar-refractivity contribution in [2.24, 2.45) is 0 Å². The summed E-state index contributed by atoms with van der Waals surface area (Å²) in [5, 5.41) is 8.45. The summed E-state index contributed by atoms with van der Waals surface area (Å²) >= 11 is 0. The fourth-order valence-corrected chi connectivity index (χ4v) is 1.23. The molecule has 5 heteroatoms. The molecule has 1 heterocycles. The highest BCUT2D eigenvalue weighted by Gasteiger charge is 2.02. The number of aromatic nitrogens is 1. The Bertz CT molecular complexity index is 543. The fraction of sp³-hybridized carbons (Fsp3) is 0. The van der Waals surface area contributed by atoms with Crippen LogP contribution in [-0.2, 0) is 4.79 Å². The number of aliphatic carboxylic acids is 1. The highest BCUT2D eigenvalue weighted by molar-refractivity contribution is 5.86. The summed E-state index contributed by atoms with van der Waals surface area (Å²) in [5.74, 6) is -0.991. The lowest BCUT2D eigenvalue weighted by Crippen LogP contribution is -1.85. The molecule has 0 amide bonds.